The number of benzene rings is 1. The Bertz CT molecular complexity index is 827. The molecule has 1 heterocycles. The fraction of sp³-hybridized carbons (Fsp3) is 0.333. The Hall–Kier alpha value is -2.96. The van der Waals surface area contributed by atoms with Crippen molar-refractivity contribution in [3.8, 4) is 0 Å². The van der Waals surface area contributed by atoms with Crippen molar-refractivity contribution < 1.29 is 19.1 Å². The lowest BCUT2D eigenvalue weighted by atomic mass is 10.1. The molecule has 25 heavy (non-hydrogen) atoms. The summed E-state index contributed by atoms with van der Waals surface area (Å²) in [4.78, 5) is 41.1. The van der Waals surface area contributed by atoms with Gasteiger partial charge in [0.1, 0.15) is 6.04 Å². The maximum atomic E-state index is 12.8. The van der Waals surface area contributed by atoms with Crippen LogP contribution in [0.25, 0.3) is 0 Å². The van der Waals surface area contributed by atoms with Crippen molar-refractivity contribution in [2.45, 2.75) is 25.9 Å². The number of carbonyl (C=O) groups excluding carboxylic acids is 3. The molecule has 0 N–H and O–H groups in total. The molecular weight excluding hydrogens is 322 g/mol. The highest BCUT2D eigenvalue weighted by molar-refractivity contribution is 6.04. The summed E-state index contributed by atoms with van der Waals surface area (Å²) in [7, 11) is 1.70. The van der Waals surface area contributed by atoms with Crippen LogP contribution in [0.1, 0.15) is 45.1 Å². The van der Waals surface area contributed by atoms with Crippen LogP contribution in [0, 0.1) is 0 Å². The Balaban J connectivity index is 1.87. The van der Waals surface area contributed by atoms with Gasteiger partial charge >= 0.3 is 5.97 Å². The number of imidazole rings is 1. The van der Waals surface area contributed by atoms with E-state index < -0.39 is 12.0 Å². The van der Waals surface area contributed by atoms with Crippen molar-refractivity contribution in [1.29, 1.82) is 0 Å². The van der Waals surface area contributed by atoms with Gasteiger partial charge in [0.2, 0.25) is 12.2 Å². The number of ketones is 1. The summed E-state index contributed by atoms with van der Waals surface area (Å²) >= 11 is 0. The first-order valence-corrected chi connectivity index (χ1v) is 8.06. The number of hydrogen-bond donors (Lipinski definition) is 0. The van der Waals surface area contributed by atoms with E-state index in [1.165, 1.54) is 11.1 Å². The summed E-state index contributed by atoms with van der Waals surface area (Å²) in [6.45, 7) is 2.45. The molecular formula is C18H19N3O4. The zero-order chi connectivity index (χ0) is 18.0. The number of rotatable bonds is 6. The monoisotopic (exact) mass is 341 g/mol. The second-order valence-corrected chi connectivity index (χ2v) is 5.97. The molecule has 1 aromatic heterocycles. The minimum Gasteiger partial charge on any atom is -0.460 e. The molecule has 0 aliphatic heterocycles. The molecule has 1 unspecified atom stereocenters. The summed E-state index contributed by atoms with van der Waals surface area (Å²) in [6.07, 6.45) is 4.36. The fourth-order valence-corrected chi connectivity index (χ4v) is 3.10. The second-order valence-electron chi connectivity index (χ2n) is 5.97. The fourth-order valence-electron chi connectivity index (χ4n) is 3.10. The number of amides is 1. The minimum absolute atomic E-state index is 0.0474. The van der Waals surface area contributed by atoms with Crippen LogP contribution in [0.4, 0.5) is 0 Å². The lowest BCUT2D eigenvalue weighted by Crippen LogP contribution is -2.21. The van der Waals surface area contributed by atoms with Crippen LogP contribution in [0.2, 0.25) is 0 Å². The van der Waals surface area contributed by atoms with Gasteiger partial charge in [-0.25, -0.2) is 9.78 Å². The van der Waals surface area contributed by atoms with Crippen LogP contribution in [0.3, 0.4) is 0 Å². The van der Waals surface area contributed by atoms with Gasteiger partial charge in [-0.3, -0.25) is 9.59 Å². The average molecular weight is 341 g/mol. The SMILES string of the molecule is CCOC(=O)c1nccn1C1Cc2cc(CN(C)C=O)ccc2C1=O. The molecule has 1 aliphatic carbocycles. The predicted octanol–water partition coefficient (Wildman–Crippen LogP) is 1.63. The van der Waals surface area contributed by atoms with E-state index in [4.69, 9.17) is 4.74 Å². The van der Waals surface area contributed by atoms with Crippen molar-refractivity contribution in [3.63, 3.8) is 0 Å². The highest BCUT2D eigenvalue weighted by Crippen LogP contribution is 2.32. The summed E-state index contributed by atoms with van der Waals surface area (Å²) in [5.74, 6) is -0.452. The van der Waals surface area contributed by atoms with Crippen LogP contribution < -0.4 is 0 Å². The maximum Gasteiger partial charge on any atom is 0.374 e. The Morgan fingerprint density at radius 1 is 1.48 bits per heavy atom. The first-order chi connectivity index (χ1) is 12.0. The van der Waals surface area contributed by atoms with Crippen LogP contribution in [-0.2, 0) is 22.5 Å². The molecule has 1 aliphatic rings. The molecule has 1 aromatic carbocycles. The molecule has 0 bridgehead atoms. The highest BCUT2D eigenvalue weighted by atomic mass is 16.5. The molecule has 0 saturated heterocycles. The second kappa shape index (κ2) is 6.88. The quantitative estimate of drug-likeness (QED) is 0.589. The van der Waals surface area contributed by atoms with Gasteiger partial charge in [-0.05, 0) is 18.1 Å². The van der Waals surface area contributed by atoms with Gasteiger partial charge in [-0.15, -0.1) is 0 Å². The van der Waals surface area contributed by atoms with Gasteiger partial charge in [0.15, 0.2) is 5.78 Å². The predicted molar refractivity (Wildman–Crippen MR) is 89.2 cm³/mol. The molecule has 1 amide bonds. The summed E-state index contributed by atoms with van der Waals surface area (Å²) < 4.78 is 6.58. The number of hydrogen-bond acceptors (Lipinski definition) is 5. The lowest BCUT2D eigenvalue weighted by molar-refractivity contribution is -0.117. The molecule has 0 spiro atoms. The third-order valence-corrected chi connectivity index (χ3v) is 4.23. The Labute approximate surface area is 145 Å². The number of ether oxygens (including phenoxy) is 1. The van der Waals surface area contributed by atoms with E-state index in [1.54, 1.807) is 30.8 Å². The summed E-state index contributed by atoms with van der Waals surface area (Å²) in [5.41, 5.74) is 2.51. The van der Waals surface area contributed by atoms with E-state index in [0.717, 1.165) is 17.5 Å². The van der Waals surface area contributed by atoms with E-state index in [-0.39, 0.29) is 18.2 Å². The van der Waals surface area contributed by atoms with Crippen molar-refractivity contribution in [3.05, 3.63) is 53.1 Å². The molecule has 0 radical (unpaired) electrons. The number of fused-ring (bicyclic) bond motifs is 1. The third kappa shape index (κ3) is 3.17. The first kappa shape index (κ1) is 16.9. The maximum absolute atomic E-state index is 12.8. The molecule has 7 heteroatoms. The number of Topliss-reactive ketones (excluding diaryl/α,β-unsaturated/α-hetero) is 1. The van der Waals surface area contributed by atoms with Gasteiger partial charge in [-0.2, -0.15) is 0 Å². The Morgan fingerprint density at radius 3 is 3.00 bits per heavy atom. The highest BCUT2D eigenvalue weighted by Gasteiger charge is 2.34. The number of aromatic nitrogens is 2. The number of nitrogens with zero attached hydrogens (tertiary/aromatic N) is 3. The number of esters is 1. The Morgan fingerprint density at radius 2 is 2.28 bits per heavy atom. The normalized spacial score (nSPS) is 15.8. The van der Waals surface area contributed by atoms with Gasteiger partial charge in [0.25, 0.3) is 0 Å². The van der Waals surface area contributed by atoms with Crippen LogP contribution in [0.5, 0.6) is 0 Å². The molecule has 2 aromatic rings. The lowest BCUT2D eigenvalue weighted by Gasteiger charge is -2.13. The van der Waals surface area contributed by atoms with Crippen LogP contribution in [0.15, 0.2) is 30.6 Å². The smallest absolute Gasteiger partial charge is 0.374 e. The Kier molecular flexibility index (Phi) is 4.65. The van der Waals surface area contributed by atoms with Crippen molar-refractivity contribution >= 4 is 18.2 Å². The van der Waals surface area contributed by atoms with E-state index in [1.807, 2.05) is 12.1 Å². The molecule has 7 nitrogen and oxygen atoms in total. The largest absolute Gasteiger partial charge is 0.460 e. The molecule has 0 fully saturated rings. The molecule has 0 saturated carbocycles. The topological polar surface area (TPSA) is 81.5 Å². The van der Waals surface area contributed by atoms with Crippen molar-refractivity contribution in [2.75, 3.05) is 13.7 Å². The van der Waals surface area contributed by atoms with Gasteiger partial charge in [-0.1, -0.05) is 18.2 Å². The zero-order valence-corrected chi connectivity index (χ0v) is 14.1. The minimum atomic E-state index is -0.537. The first-order valence-electron chi connectivity index (χ1n) is 8.06. The van der Waals surface area contributed by atoms with E-state index in [2.05, 4.69) is 4.98 Å². The molecule has 3 rings (SSSR count). The summed E-state index contributed by atoms with van der Waals surface area (Å²) in [6, 6.07) is 5.07. The third-order valence-electron chi connectivity index (χ3n) is 4.23. The average Bonchev–Trinajstić information content (AvgIpc) is 3.19. The van der Waals surface area contributed by atoms with Gasteiger partial charge in [0, 0.05) is 38.0 Å². The zero-order valence-electron chi connectivity index (χ0n) is 14.1. The van der Waals surface area contributed by atoms with E-state index >= 15 is 0 Å². The standard InChI is InChI=1S/C18H19N3O4/c1-3-25-18(24)17-19-6-7-21(17)15-9-13-8-12(10-20(2)11-22)4-5-14(13)16(15)23/h4-8,11,15H,3,9-10H2,1-2H3. The molecule has 130 valence electrons. The molecule has 1 atom stereocenters. The van der Waals surface area contributed by atoms with Crippen molar-refractivity contribution in [2.24, 2.45) is 0 Å². The van der Waals surface area contributed by atoms with Gasteiger partial charge in [0.05, 0.1) is 6.61 Å². The number of carbonyl (C=O) groups is 3. The van der Waals surface area contributed by atoms with Crippen molar-refractivity contribution in [1.82, 2.24) is 14.5 Å². The van der Waals surface area contributed by atoms with E-state index in [0.29, 0.717) is 18.5 Å². The van der Waals surface area contributed by atoms with E-state index in [9.17, 15) is 14.4 Å². The van der Waals surface area contributed by atoms with Crippen LogP contribution in [-0.4, -0.2) is 46.3 Å². The summed E-state index contributed by atoms with van der Waals surface area (Å²) in [5, 5.41) is 0. The van der Waals surface area contributed by atoms with Gasteiger partial charge < -0.3 is 14.2 Å². The van der Waals surface area contributed by atoms with Crippen LogP contribution >= 0.6 is 0 Å².